The number of aryl methyl sites for hydroxylation is 1. The zero-order valence-corrected chi connectivity index (χ0v) is 15.5. The number of pyridine rings is 2. The molecule has 1 aromatic carbocycles. The highest BCUT2D eigenvalue weighted by Gasteiger charge is 2.10. The van der Waals surface area contributed by atoms with Crippen molar-refractivity contribution in [2.24, 2.45) is 7.05 Å². The number of benzene rings is 1. The van der Waals surface area contributed by atoms with Crippen LogP contribution in [0.3, 0.4) is 0 Å². The third-order valence-corrected chi connectivity index (χ3v) is 4.45. The van der Waals surface area contributed by atoms with Gasteiger partial charge in [0.2, 0.25) is 0 Å². The van der Waals surface area contributed by atoms with Crippen LogP contribution in [0.5, 0.6) is 5.75 Å². The van der Waals surface area contributed by atoms with E-state index in [2.05, 4.69) is 20.9 Å². The monoisotopic (exact) mass is 362 g/mol. The molecule has 0 aliphatic rings. The summed E-state index contributed by atoms with van der Waals surface area (Å²) in [7, 11) is 2.02. The topological polar surface area (TPSA) is 61.2 Å². The predicted octanol–water partition coefficient (Wildman–Crippen LogP) is 4.28. The number of nitrogens with one attached hydrogen (secondary N) is 1. The minimum absolute atomic E-state index is 0.533. The van der Waals surface area contributed by atoms with Crippen LogP contribution in [0.2, 0.25) is 0 Å². The molecule has 0 spiro atoms. The van der Waals surface area contributed by atoms with Gasteiger partial charge in [0.15, 0.2) is 0 Å². The number of nitrogens with zero attached hydrogens (tertiary/aromatic N) is 3. The van der Waals surface area contributed by atoms with Crippen LogP contribution in [0.4, 0.5) is 11.5 Å². The van der Waals surface area contributed by atoms with E-state index in [4.69, 9.17) is 14.5 Å². The van der Waals surface area contributed by atoms with Gasteiger partial charge in [-0.15, -0.1) is 0 Å². The van der Waals surface area contributed by atoms with Crippen molar-refractivity contribution in [1.29, 1.82) is 0 Å². The fourth-order valence-corrected chi connectivity index (χ4v) is 3.16. The van der Waals surface area contributed by atoms with Gasteiger partial charge < -0.3 is 19.4 Å². The van der Waals surface area contributed by atoms with E-state index in [1.165, 1.54) is 0 Å². The van der Waals surface area contributed by atoms with Gasteiger partial charge in [-0.05, 0) is 37.3 Å². The van der Waals surface area contributed by atoms with Crippen LogP contribution in [0.1, 0.15) is 6.92 Å². The summed E-state index contributed by atoms with van der Waals surface area (Å²) >= 11 is 0. The van der Waals surface area contributed by atoms with Crippen LogP contribution in [-0.4, -0.2) is 34.4 Å². The summed E-state index contributed by atoms with van der Waals surface area (Å²) in [5, 5.41) is 5.56. The zero-order chi connectivity index (χ0) is 18.6. The molecule has 0 unspecified atom stereocenters. The van der Waals surface area contributed by atoms with Crippen molar-refractivity contribution >= 4 is 33.4 Å². The third kappa shape index (κ3) is 3.57. The molecule has 1 N–H and O–H groups in total. The smallest absolute Gasteiger partial charge is 0.143 e. The van der Waals surface area contributed by atoms with E-state index < -0.39 is 0 Å². The van der Waals surface area contributed by atoms with Gasteiger partial charge in [-0.25, -0.2) is 4.98 Å². The van der Waals surface area contributed by atoms with E-state index in [-0.39, 0.29) is 0 Å². The minimum Gasteiger partial charge on any atom is -0.491 e. The second kappa shape index (κ2) is 7.63. The Morgan fingerprint density at radius 1 is 1.07 bits per heavy atom. The number of ether oxygens (including phenoxy) is 2. The van der Waals surface area contributed by atoms with Crippen LogP contribution in [0.15, 0.2) is 54.9 Å². The van der Waals surface area contributed by atoms with Gasteiger partial charge in [-0.1, -0.05) is 6.07 Å². The number of hydrogen-bond acceptors (Lipinski definition) is 5. The largest absolute Gasteiger partial charge is 0.491 e. The lowest BCUT2D eigenvalue weighted by molar-refractivity contribution is 0.110. The fraction of sp³-hybridized carbons (Fsp3) is 0.238. The Hall–Kier alpha value is -3.12. The Morgan fingerprint density at radius 2 is 2.00 bits per heavy atom. The number of aromatic nitrogens is 3. The Kier molecular flexibility index (Phi) is 4.89. The molecule has 0 saturated carbocycles. The molecule has 0 saturated heterocycles. The van der Waals surface area contributed by atoms with E-state index in [9.17, 15) is 0 Å². The van der Waals surface area contributed by atoms with Gasteiger partial charge in [-0.3, -0.25) is 4.98 Å². The lowest BCUT2D eigenvalue weighted by Crippen LogP contribution is -2.06. The normalized spacial score (nSPS) is 11.2. The maximum atomic E-state index is 5.72. The molecular formula is C21H22N4O2. The van der Waals surface area contributed by atoms with Gasteiger partial charge in [0, 0.05) is 48.6 Å². The SMILES string of the molecule is CCOCCOc1cccc(Nc2ccc3c4cnccc4n(C)c3n2)c1. The van der Waals surface area contributed by atoms with Gasteiger partial charge in [0.05, 0.1) is 12.1 Å². The summed E-state index contributed by atoms with van der Waals surface area (Å²) in [5.74, 6) is 1.59. The second-order valence-electron chi connectivity index (χ2n) is 6.22. The Labute approximate surface area is 157 Å². The molecule has 0 radical (unpaired) electrons. The zero-order valence-electron chi connectivity index (χ0n) is 15.5. The van der Waals surface area contributed by atoms with Gasteiger partial charge in [0.25, 0.3) is 0 Å². The average molecular weight is 362 g/mol. The highest BCUT2D eigenvalue weighted by Crippen LogP contribution is 2.28. The van der Waals surface area contributed by atoms with Crippen molar-refractivity contribution in [2.75, 3.05) is 25.1 Å². The van der Waals surface area contributed by atoms with E-state index >= 15 is 0 Å². The lowest BCUT2D eigenvalue weighted by atomic mass is 10.2. The first-order valence-electron chi connectivity index (χ1n) is 9.03. The maximum absolute atomic E-state index is 5.72. The van der Waals surface area contributed by atoms with E-state index in [1.54, 1.807) is 6.20 Å². The molecule has 27 heavy (non-hydrogen) atoms. The second-order valence-corrected chi connectivity index (χ2v) is 6.22. The van der Waals surface area contributed by atoms with Crippen molar-refractivity contribution in [3.8, 4) is 5.75 Å². The fourth-order valence-electron chi connectivity index (χ4n) is 3.16. The standard InChI is InChI=1S/C21H22N4O2/c1-3-26-11-12-27-16-6-4-5-15(13-16)23-20-8-7-17-18-14-22-10-9-19(18)25(2)21(17)24-20/h4-10,13-14H,3,11-12H2,1-2H3,(H,23,24). The van der Waals surface area contributed by atoms with Crippen molar-refractivity contribution in [3.63, 3.8) is 0 Å². The molecule has 0 amide bonds. The van der Waals surface area contributed by atoms with E-state index in [0.717, 1.165) is 39.2 Å². The van der Waals surface area contributed by atoms with Crippen LogP contribution < -0.4 is 10.1 Å². The Balaban J connectivity index is 1.57. The summed E-state index contributed by atoms with van der Waals surface area (Å²) in [5.41, 5.74) is 2.97. The van der Waals surface area contributed by atoms with Gasteiger partial charge in [0.1, 0.15) is 23.8 Å². The first kappa shape index (κ1) is 17.3. The third-order valence-electron chi connectivity index (χ3n) is 4.45. The summed E-state index contributed by atoms with van der Waals surface area (Å²) in [6.07, 6.45) is 3.69. The van der Waals surface area contributed by atoms with E-state index in [0.29, 0.717) is 19.8 Å². The molecule has 0 aliphatic heterocycles. The lowest BCUT2D eigenvalue weighted by Gasteiger charge is -2.10. The summed E-state index contributed by atoms with van der Waals surface area (Å²) in [4.78, 5) is 9.02. The minimum atomic E-state index is 0.533. The van der Waals surface area contributed by atoms with Crippen LogP contribution in [-0.2, 0) is 11.8 Å². The number of anilines is 2. The molecule has 0 bridgehead atoms. The molecule has 138 valence electrons. The summed E-state index contributed by atoms with van der Waals surface area (Å²) in [6, 6.07) is 13.9. The molecule has 0 fully saturated rings. The molecule has 0 aliphatic carbocycles. The highest BCUT2D eigenvalue weighted by atomic mass is 16.5. The number of hydrogen-bond donors (Lipinski definition) is 1. The van der Waals surface area contributed by atoms with Gasteiger partial charge in [-0.2, -0.15) is 0 Å². The van der Waals surface area contributed by atoms with Gasteiger partial charge >= 0.3 is 0 Å². The first-order chi connectivity index (χ1) is 13.3. The van der Waals surface area contributed by atoms with E-state index in [1.807, 2.05) is 56.6 Å². The molecule has 4 rings (SSSR count). The van der Waals surface area contributed by atoms with Crippen LogP contribution in [0.25, 0.3) is 21.9 Å². The van der Waals surface area contributed by atoms with Crippen LogP contribution >= 0.6 is 0 Å². The summed E-state index contributed by atoms with van der Waals surface area (Å²) < 4.78 is 13.1. The van der Waals surface area contributed by atoms with Crippen molar-refractivity contribution in [2.45, 2.75) is 6.92 Å². The Bertz CT molecular complexity index is 1070. The predicted molar refractivity (Wildman–Crippen MR) is 108 cm³/mol. The Morgan fingerprint density at radius 3 is 2.89 bits per heavy atom. The summed E-state index contributed by atoms with van der Waals surface area (Å²) in [6.45, 7) is 3.79. The average Bonchev–Trinajstić information content (AvgIpc) is 2.98. The molecule has 0 atom stereocenters. The molecule has 3 heterocycles. The molecular weight excluding hydrogens is 340 g/mol. The first-order valence-corrected chi connectivity index (χ1v) is 9.03. The number of fused-ring (bicyclic) bond motifs is 3. The molecule has 6 nitrogen and oxygen atoms in total. The maximum Gasteiger partial charge on any atom is 0.143 e. The quantitative estimate of drug-likeness (QED) is 0.497. The molecule has 6 heteroatoms. The van der Waals surface area contributed by atoms with Crippen molar-refractivity contribution < 1.29 is 9.47 Å². The molecule has 4 aromatic rings. The van der Waals surface area contributed by atoms with Crippen molar-refractivity contribution in [3.05, 3.63) is 54.9 Å². The highest BCUT2D eigenvalue weighted by molar-refractivity contribution is 6.06. The molecule has 3 aromatic heterocycles. The number of rotatable bonds is 7. The van der Waals surface area contributed by atoms with Crippen LogP contribution in [0, 0.1) is 0 Å². The van der Waals surface area contributed by atoms with Crippen molar-refractivity contribution in [1.82, 2.24) is 14.5 Å².